The van der Waals surface area contributed by atoms with E-state index in [1.807, 2.05) is 65.6 Å². The van der Waals surface area contributed by atoms with E-state index in [0.717, 1.165) is 24.3 Å². The molecular formula is C17H18N2O. The lowest BCUT2D eigenvalue weighted by atomic mass is 10.2. The van der Waals surface area contributed by atoms with Gasteiger partial charge >= 0.3 is 0 Å². The molecule has 1 fully saturated rings. The molecule has 1 aliphatic heterocycles. The summed E-state index contributed by atoms with van der Waals surface area (Å²) in [7, 11) is 0. The second-order valence-electron chi connectivity index (χ2n) is 5.04. The summed E-state index contributed by atoms with van der Waals surface area (Å²) >= 11 is 0. The van der Waals surface area contributed by atoms with E-state index in [2.05, 4.69) is 5.32 Å². The van der Waals surface area contributed by atoms with E-state index in [1.165, 1.54) is 0 Å². The first-order valence-corrected chi connectivity index (χ1v) is 7.00. The van der Waals surface area contributed by atoms with Crippen LogP contribution in [0.1, 0.15) is 12.8 Å². The first kappa shape index (κ1) is 12.7. The van der Waals surface area contributed by atoms with Crippen molar-refractivity contribution in [2.45, 2.75) is 18.9 Å². The largest absolute Gasteiger partial charge is 0.383 e. The molecule has 1 heterocycles. The van der Waals surface area contributed by atoms with Crippen molar-refractivity contribution < 1.29 is 4.79 Å². The second kappa shape index (κ2) is 5.78. The highest BCUT2D eigenvalue weighted by molar-refractivity contribution is 5.96. The first-order valence-electron chi connectivity index (χ1n) is 7.00. The van der Waals surface area contributed by atoms with Crippen LogP contribution in [0.2, 0.25) is 0 Å². The van der Waals surface area contributed by atoms with Gasteiger partial charge in [0.15, 0.2) is 0 Å². The van der Waals surface area contributed by atoms with Crippen LogP contribution < -0.4 is 10.2 Å². The molecule has 20 heavy (non-hydrogen) atoms. The highest BCUT2D eigenvalue weighted by atomic mass is 16.2. The Kier molecular flexibility index (Phi) is 3.68. The maximum atomic E-state index is 12.1. The van der Waals surface area contributed by atoms with Crippen LogP contribution in [0.3, 0.4) is 0 Å². The summed E-state index contributed by atoms with van der Waals surface area (Å²) in [6.07, 6.45) is 1.55. The number of rotatable bonds is 4. The van der Waals surface area contributed by atoms with E-state index in [9.17, 15) is 4.79 Å². The molecular weight excluding hydrogens is 248 g/mol. The molecule has 3 heteroatoms. The Morgan fingerprint density at radius 2 is 1.65 bits per heavy atom. The Balaban J connectivity index is 1.71. The van der Waals surface area contributed by atoms with Crippen molar-refractivity contribution in [1.82, 2.24) is 0 Å². The van der Waals surface area contributed by atoms with Gasteiger partial charge in [-0.2, -0.15) is 0 Å². The van der Waals surface area contributed by atoms with Crippen LogP contribution in [0.15, 0.2) is 60.7 Å². The van der Waals surface area contributed by atoms with Crippen LogP contribution in [-0.2, 0) is 4.79 Å². The summed E-state index contributed by atoms with van der Waals surface area (Å²) in [4.78, 5) is 14.0. The van der Waals surface area contributed by atoms with Crippen LogP contribution in [0, 0.1) is 0 Å². The molecule has 2 aromatic carbocycles. The molecule has 2 aromatic rings. The standard InChI is InChI=1S/C17H18N2O/c20-17-12-11-16(13-18-14-7-3-1-4-8-14)19(17)15-9-5-2-6-10-15/h1-10,16,18H,11-13H2. The minimum absolute atomic E-state index is 0.219. The van der Waals surface area contributed by atoms with Crippen molar-refractivity contribution in [2.24, 2.45) is 0 Å². The third-order valence-electron chi connectivity index (χ3n) is 3.68. The van der Waals surface area contributed by atoms with Crippen molar-refractivity contribution in [2.75, 3.05) is 16.8 Å². The fraction of sp³-hybridized carbons (Fsp3) is 0.235. The van der Waals surface area contributed by atoms with Crippen molar-refractivity contribution in [3.05, 3.63) is 60.7 Å². The van der Waals surface area contributed by atoms with Gasteiger partial charge in [-0.1, -0.05) is 36.4 Å². The minimum Gasteiger partial charge on any atom is -0.383 e. The maximum Gasteiger partial charge on any atom is 0.227 e. The Labute approximate surface area is 119 Å². The van der Waals surface area contributed by atoms with Gasteiger partial charge in [0, 0.05) is 24.3 Å². The van der Waals surface area contributed by atoms with Crippen LogP contribution in [0.4, 0.5) is 11.4 Å². The Morgan fingerprint density at radius 1 is 1.00 bits per heavy atom. The smallest absolute Gasteiger partial charge is 0.227 e. The Hall–Kier alpha value is -2.29. The number of carbonyl (C=O) groups excluding carboxylic acids is 1. The third-order valence-corrected chi connectivity index (χ3v) is 3.68. The summed E-state index contributed by atoms with van der Waals surface area (Å²) in [6.45, 7) is 0.782. The molecule has 3 rings (SSSR count). The van der Waals surface area contributed by atoms with Gasteiger partial charge in [0.1, 0.15) is 0 Å². The monoisotopic (exact) mass is 266 g/mol. The first-order chi connectivity index (χ1) is 9.84. The molecule has 1 atom stereocenters. The van der Waals surface area contributed by atoms with Crippen LogP contribution >= 0.6 is 0 Å². The zero-order chi connectivity index (χ0) is 13.8. The quantitative estimate of drug-likeness (QED) is 0.921. The zero-order valence-electron chi connectivity index (χ0n) is 11.3. The van der Waals surface area contributed by atoms with E-state index < -0.39 is 0 Å². The molecule has 0 aromatic heterocycles. The average Bonchev–Trinajstić information content (AvgIpc) is 2.88. The molecule has 1 unspecified atom stereocenters. The van der Waals surface area contributed by atoms with Crippen molar-refractivity contribution in [3.8, 4) is 0 Å². The molecule has 1 N–H and O–H groups in total. The summed E-state index contributed by atoms with van der Waals surface area (Å²) in [5.41, 5.74) is 2.09. The fourth-order valence-corrected chi connectivity index (χ4v) is 2.67. The van der Waals surface area contributed by atoms with Crippen molar-refractivity contribution in [1.29, 1.82) is 0 Å². The van der Waals surface area contributed by atoms with Gasteiger partial charge in [-0.25, -0.2) is 0 Å². The number of hydrogen-bond acceptors (Lipinski definition) is 2. The molecule has 1 saturated heterocycles. The lowest BCUT2D eigenvalue weighted by molar-refractivity contribution is -0.117. The topological polar surface area (TPSA) is 32.3 Å². The molecule has 0 spiro atoms. The normalized spacial score (nSPS) is 18.3. The predicted octanol–water partition coefficient (Wildman–Crippen LogP) is 3.29. The number of benzene rings is 2. The van der Waals surface area contributed by atoms with Crippen molar-refractivity contribution in [3.63, 3.8) is 0 Å². The molecule has 0 radical (unpaired) electrons. The minimum atomic E-state index is 0.219. The van der Waals surface area contributed by atoms with E-state index in [4.69, 9.17) is 0 Å². The van der Waals surface area contributed by atoms with Crippen LogP contribution in [0.5, 0.6) is 0 Å². The number of amides is 1. The van der Waals surface area contributed by atoms with Gasteiger partial charge in [-0.15, -0.1) is 0 Å². The second-order valence-corrected chi connectivity index (χ2v) is 5.04. The molecule has 0 bridgehead atoms. The Bertz CT molecular complexity index is 568. The summed E-state index contributed by atoms with van der Waals surface area (Å²) < 4.78 is 0. The average molecular weight is 266 g/mol. The van der Waals surface area contributed by atoms with Gasteiger partial charge < -0.3 is 10.2 Å². The van der Waals surface area contributed by atoms with E-state index >= 15 is 0 Å². The fourth-order valence-electron chi connectivity index (χ4n) is 2.67. The number of nitrogens with one attached hydrogen (secondary N) is 1. The molecule has 102 valence electrons. The highest BCUT2D eigenvalue weighted by Gasteiger charge is 2.31. The highest BCUT2D eigenvalue weighted by Crippen LogP contribution is 2.26. The Morgan fingerprint density at radius 3 is 2.35 bits per heavy atom. The molecule has 1 amide bonds. The summed E-state index contributed by atoms with van der Waals surface area (Å²) in [6, 6.07) is 20.3. The van der Waals surface area contributed by atoms with E-state index in [1.54, 1.807) is 0 Å². The SMILES string of the molecule is O=C1CCC(CNc2ccccc2)N1c1ccccc1. The van der Waals surface area contributed by atoms with E-state index in [-0.39, 0.29) is 11.9 Å². The van der Waals surface area contributed by atoms with Crippen LogP contribution in [-0.4, -0.2) is 18.5 Å². The molecule has 0 aliphatic carbocycles. The lowest BCUT2D eigenvalue weighted by Crippen LogP contribution is -2.37. The van der Waals surface area contributed by atoms with Gasteiger partial charge in [-0.05, 0) is 30.7 Å². The third kappa shape index (κ3) is 2.67. The summed E-state index contributed by atoms with van der Waals surface area (Å²) in [5.74, 6) is 0.219. The number of hydrogen-bond donors (Lipinski definition) is 1. The molecule has 1 aliphatic rings. The van der Waals surface area contributed by atoms with Crippen LogP contribution in [0.25, 0.3) is 0 Å². The molecule has 0 saturated carbocycles. The van der Waals surface area contributed by atoms with Gasteiger partial charge in [0.2, 0.25) is 5.91 Å². The summed E-state index contributed by atoms with van der Waals surface area (Å²) in [5, 5.41) is 3.41. The van der Waals surface area contributed by atoms with Crippen molar-refractivity contribution >= 4 is 17.3 Å². The number of nitrogens with zero attached hydrogens (tertiary/aromatic N) is 1. The number of para-hydroxylation sites is 2. The van der Waals surface area contributed by atoms with Gasteiger partial charge in [0.25, 0.3) is 0 Å². The predicted molar refractivity (Wildman–Crippen MR) is 81.9 cm³/mol. The number of anilines is 2. The zero-order valence-corrected chi connectivity index (χ0v) is 11.3. The van der Waals surface area contributed by atoms with E-state index in [0.29, 0.717) is 6.42 Å². The number of carbonyl (C=O) groups is 1. The van der Waals surface area contributed by atoms with Gasteiger partial charge in [0.05, 0.1) is 6.04 Å². The maximum absolute atomic E-state index is 12.1. The molecule has 3 nitrogen and oxygen atoms in total. The lowest BCUT2D eigenvalue weighted by Gasteiger charge is -2.25. The van der Waals surface area contributed by atoms with Gasteiger partial charge in [-0.3, -0.25) is 4.79 Å².